The number of rotatable bonds is 2. The molecule has 1 amide bonds. The highest BCUT2D eigenvalue weighted by molar-refractivity contribution is 6.32. The zero-order valence-electron chi connectivity index (χ0n) is 9.50. The smallest absolute Gasteiger partial charge is 0.228 e. The summed E-state index contributed by atoms with van der Waals surface area (Å²) in [7, 11) is 0. The van der Waals surface area contributed by atoms with Crippen molar-refractivity contribution in [1.82, 2.24) is 0 Å². The van der Waals surface area contributed by atoms with Crippen LogP contribution in [0.5, 0.6) is 0 Å². The van der Waals surface area contributed by atoms with Gasteiger partial charge >= 0.3 is 0 Å². The molecule has 1 atom stereocenters. The number of carbonyl (C=O) groups excluding carboxylic acids is 1. The molecule has 1 fully saturated rings. The molecule has 1 unspecified atom stereocenters. The molecule has 90 valence electrons. The largest absolute Gasteiger partial charge is 0.325 e. The minimum absolute atomic E-state index is 0.0113. The maximum Gasteiger partial charge on any atom is 0.228 e. The molecule has 1 aliphatic heterocycles. The van der Waals surface area contributed by atoms with E-state index < -0.39 is 0 Å². The van der Waals surface area contributed by atoms with E-state index in [2.05, 4.69) is 5.32 Å². The van der Waals surface area contributed by atoms with Crippen molar-refractivity contribution in [3.05, 3.63) is 28.3 Å². The van der Waals surface area contributed by atoms with Crippen LogP contribution in [-0.4, -0.2) is 5.91 Å². The zero-order valence-corrected chi connectivity index (χ0v) is 10.3. The maximum atomic E-state index is 11.3. The summed E-state index contributed by atoms with van der Waals surface area (Å²) in [6, 6.07) is 3.84. The third-order valence-corrected chi connectivity index (χ3v) is 4.19. The van der Waals surface area contributed by atoms with Crippen LogP contribution in [0.25, 0.3) is 0 Å². The maximum absolute atomic E-state index is 11.3. The number of hydrogen-bond acceptors (Lipinski definition) is 2. The van der Waals surface area contributed by atoms with Crippen molar-refractivity contribution < 1.29 is 4.79 Å². The summed E-state index contributed by atoms with van der Waals surface area (Å²) in [6.45, 7) is 0. The second kappa shape index (κ2) is 4.00. The van der Waals surface area contributed by atoms with Crippen LogP contribution in [0.1, 0.15) is 36.4 Å². The van der Waals surface area contributed by atoms with E-state index in [-0.39, 0.29) is 11.9 Å². The van der Waals surface area contributed by atoms with Crippen molar-refractivity contribution in [1.29, 1.82) is 0 Å². The molecule has 4 heteroatoms. The first kappa shape index (κ1) is 11.1. The first-order valence-corrected chi connectivity index (χ1v) is 6.40. The molecule has 1 saturated carbocycles. The molecule has 3 N–H and O–H groups in total. The molecule has 3 rings (SSSR count). The fraction of sp³-hybridized carbons (Fsp3) is 0.462. The van der Waals surface area contributed by atoms with Gasteiger partial charge < -0.3 is 11.1 Å². The molecule has 0 radical (unpaired) electrons. The molecule has 2 aliphatic rings. The summed E-state index contributed by atoms with van der Waals surface area (Å²) in [5, 5.41) is 3.47. The molecule has 3 nitrogen and oxygen atoms in total. The van der Waals surface area contributed by atoms with Crippen molar-refractivity contribution in [2.45, 2.75) is 31.7 Å². The van der Waals surface area contributed by atoms with Crippen molar-refractivity contribution in [2.75, 3.05) is 5.32 Å². The van der Waals surface area contributed by atoms with E-state index in [0.29, 0.717) is 17.4 Å². The fourth-order valence-electron chi connectivity index (χ4n) is 2.58. The minimum atomic E-state index is 0.0113. The van der Waals surface area contributed by atoms with Crippen LogP contribution in [0.3, 0.4) is 0 Å². The number of carbonyl (C=O) groups is 1. The highest BCUT2D eigenvalue weighted by atomic mass is 35.5. The van der Waals surface area contributed by atoms with E-state index in [1.165, 1.54) is 19.3 Å². The Bertz CT molecular complexity index is 483. The van der Waals surface area contributed by atoms with Crippen LogP contribution in [-0.2, 0) is 11.2 Å². The zero-order chi connectivity index (χ0) is 12.0. The number of nitrogens with one attached hydrogen (secondary N) is 1. The van der Waals surface area contributed by atoms with Crippen LogP contribution in [0.15, 0.2) is 12.1 Å². The van der Waals surface area contributed by atoms with Crippen molar-refractivity contribution in [2.24, 2.45) is 11.7 Å². The Morgan fingerprint density at radius 1 is 1.41 bits per heavy atom. The molecule has 17 heavy (non-hydrogen) atoms. The lowest BCUT2D eigenvalue weighted by atomic mass is 9.77. The van der Waals surface area contributed by atoms with Crippen LogP contribution in [0, 0.1) is 5.92 Å². The van der Waals surface area contributed by atoms with E-state index in [4.69, 9.17) is 17.3 Å². The number of halogens is 1. The third-order valence-electron chi connectivity index (χ3n) is 3.86. The Balaban J connectivity index is 1.95. The van der Waals surface area contributed by atoms with Crippen LogP contribution < -0.4 is 11.1 Å². The van der Waals surface area contributed by atoms with Gasteiger partial charge in [-0.25, -0.2) is 0 Å². The Kier molecular flexibility index (Phi) is 2.60. The lowest BCUT2D eigenvalue weighted by Crippen LogP contribution is -2.27. The number of anilines is 1. The molecule has 1 aromatic rings. The van der Waals surface area contributed by atoms with Gasteiger partial charge in [-0.05, 0) is 36.0 Å². The van der Waals surface area contributed by atoms with Crippen LogP contribution in [0.4, 0.5) is 5.69 Å². The molecular weight excluding hydrogens is 236 g/mol. The van der Waals surface area contributed by atoms with Crippen LogP contribution >= 0.6 is 11.6 Å². The standard InChI is InChI=1S/C13H15ClN2O/c14-10-6-11-8(5-12(17)16-11)4-9(10)13(15)7-2-1-3-7/h4,6-7,13H,1-3,5,15H2,(H,16,17). The predicted molar refractivity (Wildman–Crippen MR) is 68.1 cm³/mol. The Morgan fingerprint density at radius 3 is 2.82 bits per heavy atom. The van der Waals surface area contributed by atoms with E-state index >= 15 is 0 Å². The highest BCUT2D eigenvalue weighted by Gasteiger charge is 2.28. The molecule has 1 heterocycles. The van der Waals surface area contributed by atoms with Crippen molar-refractivity contribution >= 4 is 23.2 Å². The molecule has 1 aromatic carbocycles. The molecule has 0 aromatic heterocycles. The van der Waals surface area contributed by atoms with Crippen LogP contribution in [0.2, 0.25) is 5.02 Å². The van der Waals surface area contributed by atoms with E-state index in [1.54, 1.807) is 0 Å². The SMILES string of the molecule is NC(c1cc2c(cc1Cl)NC(=O)C2)C1CCC1. The van der Waals surface area contributed by atoms with Gasteiger partial charge in [-0.1, -0.05) is 24.1 Å². The van der Waals surface area contributed by atoms with E-state index in [9.17, 15) is 4.79 Å². The van der Waals surface area contributed by atoms with Crippen molar-refractivity contribution in [3.8, 4) is 0 Å². The minimum Gasteiger partial charge on any atom is -0.325 e. The average Bonchev–Trinajstić information content (AvgIpc) is 2.53. The molecule has 0 spiro atoms. The lowest BCUT2D eigenvalue weighted by Gasteiger charge is -2.32. The summed E-state index contributed by atoms with van der Waals surface area (Å²) in [6.07, 6.45) is 4.08. The summed E-state index contributed by atoms with van der Waals surface area (Å²) >= 11 is 6.24. The van der Waals surface area contributed by atoms with Gasteiger partial charge in [0.1, 0.15) is 0 Å². The number of benzene rings is 1. The summed E-state index contributed by atoms with van der Waals surface area (Å²) in [5.74, 6) is 0.584. The summed E-state index contributed by atoms with van der Waals surface area (Å²) in [5.41, 5.74) is 9.09. The van der Waals surface area contributed by atoms with E-state index in [0.717, 1.165) is 16.8 Å². The van der Waals surface area contributed by atoms with Gasteiger partial charge in [-0.3, -0.25) is 4.79 Å². The molecule has 1 aliphatic carbocycles. The van der Waals surface area contributed by atoms with Gasteiger partial charge in [-0.15, -0.1) is 0 Å². The number of nitrogens with two attached hydrogens (primary N) is 1. The topological polar surface area (TPSA) is 55.1 Å². The molecular formula is C13H15ClN2O. The molecule has 0 bridgehead atoms. The third kappa shape index (κ3) is 1.83. The fourth-order valence-corrected chi connectivity index (χ4v) is 2.87. The second-order valence-corrected chi connectivity index (χ2v) is 5.38. The van der Waals surface area contributed by atoms with E-state index in [1.807, 2.05) is 12.1 Å². The Labute approximate surface area is 105 Å². The summed E-state index contributed by atoms with van der Waals surface area (Å²) < 4.78 is 0. The molecule has 0 saturated heterocycles. The van der Waals surface area contributed by atoms with Crippen molar-refractivity contribution in [3.63, 3.8) is 0 Å². The number of amides is 1. The Morgan fingerprint density at radius 2 is 2.18 bits per heavy atom. The number of fused-ring (bicyclic) bond motifs is 1. The second-order valence-electron chi connectivity index (χ2n) is 4.97. The van der Waals surface area contributed by atoms with Gasteiger partial charge in [0, 0.05) is 16.8 Å². The first-order valence-electron chi connectivity index (χ1n) is 6.03. The van der Waals surface area contributed by atoms with Gasteiger partial charge in [0.05, 0.1) is 6.42 Å². The van der Waals surface area contributed by atoms with Gasteiger partial charge in [-0.2, -0.15) is 0 Å². The predicted octanol–water partition coefficient (Wildman–Crippen LogP) is 2.63. The highest BCUT2D eigenvalue weighted by Crippen LogP contribution is 2.40. The van der Waals surface area contributed by atoms with Gasteiger partial charge in [0.2, 0.25) is 5.91 Å². The number of hydrogen-bond donors (Lipinski definition) is 2. The van der Waals surface area contributed by atoms with Gasteiger partial charge in [0.25, 0.3) is 0 Å². The summed E-state index contributed by atoms with van der Waals surface area (Å²) in [4.78, 5) is 11.3. The first-order chi connectivity index (χ1) is 8.15. The normalized spacial score (nSPS) is 20.7. The Hall–Kier alpha value is -1.06. The average molecular weight is 251 g/mol. The lowest BCUT2D eigenvalue weighted by molar-refractivity contribution is -0.115. The monoisotopic (exact) mass is 250 g/mol. The quantitative estimate of drug-likeness (QED) is 0.848. The van der Waals surface area contributed by atoms with Gasteiger partial charge in [0.15, 0.2) is 0 Å².